The van der Waals surface area contributed by atoms with Crippen molar-refractivity contribution >= 4 is 11.9 Å². The van der Waals surface area contributed by atoms with E-state index in [1.54, 1.807) is 13.8 Å². The monoisotopic (exact) mass is 255 g/mol. The molecule has 0 saturated heterocycles. The lowest BCUT2D eigenvalue weighted by Crippen LogP contribution is -2.06. The molecule has 0 N–H and O–H groups in total. The van der Waals surface area contributed by atoms with E-state index in [-0.39, 0.29) is 36.9 Å². The fourth-order valence-corrected chi connectivity index (χ4v) is 1.31. The third kappa shape index (κ3) is 3.33. The van der Waals surface area contributed by atoms with Crippen molar-refractivity contribution in [3.63, 3.8) is 0 Å². The van der Waals surface area contributed by atoms with Crippen LogP contribution in [0.4, 0.5) is 0 Å². The molecule has 6 nitrogen and oxygen atoms in total. The maximum absolute atomic E-state index is 11.6. The Balaban J connectivity index is 3.00. The predicted octanol–water partition coefficient (Wildman–Crippen LogP) is 1.94. The highest BCUT2D eigenvalue weighted by atomic mass is 16.5. The molecular weight excluding hydrogens is 240 g/mol. The minimum Gasteiger partial charge on any atom is -0.462 e. The molecule has 1 aromatic rings. The Kier molecular flexibility index (Phi) is 5.38. The van der Waals surface area contributed by atoms with Crippen molar-refractivity contribution in [2.24, 2.45) is 0 Å². The van der Waals surface area contributed by atoms with Crippen molar-refractivity contribution in [2.45, 2.75) is 20.5 Å². The molecule has 0 aliphatic carbocycles. The van der Waals surface area contributed by atoms with E-state index in [0.717, 1.165) is 0 Å². The first-order valence-electron chi connectivity index (χ1n) is 5.47. The maximum atomic E-state index is 11.6. The molecule has 0 bridgehead atoms. The van der Waals surface area contributed by atoms with E-state index >= 15 is 0 Å². The van der Waals surface area contributed by atoms with Crippen LogP contribution in [0.2, 0.25) is 0 Å². The SMILES string of the molecule is [CH2]OCc1oc(C(=O)OCC)cc1C(=O)OCC. The van der Waals surface area contributed by atoms with Crippen LogP contribution in [0.15, 0.2) is 10.5 Å². The zero-order valence-corrected chi connectivity index (χ0v) is 10.4. The molecular formula is C12H15O6. The van der Waals surface area contributed by atoms with Crippen LogP contribution in [-0.4, -0.2) is 25.2 Å². The molecule has 6 heteroatoms. The highest BCUT2D eigenvalue weighted by Gasteiger charge is 2.22. The first kappa shape index (κ1) is 14.2. The molecule has 0 fully saturated rings. The second-order valence-electron chi connectivity index (χ2n) is 3.24. The molecule has 1 heterocycles. The highest BCUT2D eigenvalue weighted by Crippen LogP contribution is 2.18. The Hall–Kier alpha value is -1.82. The van der Waals surface area contributed by atoms with Crippen LogP contribution < -0.4 is 0 Å². The van der Waals surface area contributed by atoms with E-state index < -0.39 is 11.9 Å². The number of carbonyl (C=O) groups is 2. The Bertz CT molecular complexity index is 420. The molecule has 0 aliphatic heterocycles. The van der Waals surface area contributed by atoms with Crippen LogP contribution in [-0.2, 0) is 20.8 Å². The third-order valence-electron chi connectivity index (χ3n) is 2.01. The van der Waals surface area contributed by atoms with Crippen molar-refractivity contribution in [3.8, 4) is 0 Å². The van der Waals surface area contributed by atoms with Crippen molar-refractivity contribution < 1.29 is 28.2 Å². The molecule has 1 aromatic heterocycles. The number of carbonyl (C=O) groups excluding carboxylic acids is 2. The second kappa shape index (κ2) is 6.80. The number of furan rings is 1. The summed E-state index contributed by atoms with van der Waals surface area (Å²) in [6.45, 7) is 3.77. The second-order valence-corrected chi connectivity index (χ2v) is 3.24. The van der Waals surface area contributed by atoms with Gasteiger partial charge in [-0.2, -0.15) is 0 Å². The molecule has 0 aliphatic rings. The third-order valence-corrected chi connectivity index (χ3v) is 2.01. The fourth-order valence-electron chi connectivity index (χ4n) is 1.31. The van der Waals surface area contributed by atoms with Crippen molar-refractivity contribution in [1.82, 2.24) is 0 Å². The number of esters is 2. The van der Waals surface area contributed by atoms with Crippen LogP contribution in [0.3, 0.4) is 0 Å². The number of rotatable bonds is 6. The first-order chi connectivity index (χ1) is 8.63. The maximum Gasteiger partial charge on any atom is 0.374 e. The van der Waals surface area contributed by atoms with Gasteiger partial charge in [0.1, 0.15) is 17.9 Å². The van der Waals surface area contributed by atoms with E-state index in [2.05, 4.69) is 11.8 Å². The zero-order chi connectivity index (χ0) is 13.5. The lowest BCUT2D eigenvalue weighted by molar-refractivity contribution is 0.0479. The van der Waals surface area contributed by atoms with Gasteiger partial charge in [0, 0.05) is 6.07 Å². The number of hydrogen-bond donors (Lipinski definition) is 0. The predicted molar refractivity (Wildman–Crippen MR) is 60.8 cm³/mol. The zero-order valence-electron chi connectivity index (χ0n) is 10.4. The van der Waals surface area contributed by atoms with Crippen LogP contribution in [0.1, 0.15) is 40.5 Å². The summed E-state index contributed by atoms with van der Waals surface area (Å²) in [5.74, 6) is -1.10. The molecule has 0 spiro atoms. The molecule has 0 atom stereocenters. The van der Waals surface area contributed by atoms with Gasteiger partial charge in [-0.3, -0.25) is 0 Å². The quantitative estimate of drug-likeness (QED) is 0.723. The molecule has 0 aromatic carbocycles. The van der Waals surface area contributed by atoms with Crippen LogP contribution in [0.25, 0.3) is 0 Å². The van der Waals surface area contributed by atoms with Crippen LogP contribution >= 0.6 is 0 Å². The van der Waals surface area contributed by atoms with Gasteiger partial charge in [0.05, 0.1) is 20.3 Å². The summed E-state index contributed by atoms with van der Waals surface area (Å²) in [5.41, 5.74) is 0.142. The van der Waals surface area contributed by atoms with E-state index in [9.17, 15) is 9.59 Å². The Morgan fingerprint density at radius 2 is 1.83 bits per heavy atom. The van der Waals surface area contributed by atoms with E-state index in [4.69, 9.17) is 13.9 Å². The number of ether oxygens (including phenoxy) is 3. The van der Waals surface area contributed by atoms with Gasteiger partial charge >= 0.3 is 11.9 Å². The Morgan fingerprint density at radius 1 is 1.22 bits per heavy atom. The normalized spacial score (nSPS) is 10.2. The van der Waals surface area contributed by atoms with Gasteiger partial charge in [0.15, 0.2) is 0 Å². The van der Waals surface area contributed by atoms with Gasteiger partial charge in [0.2, 0.25) is 5.76 Å². The van der Waals surface area contributed by atoms with Gasteiger partial charge in [-0.25, -0.2) is 9.59 Å². The highest BCUT2D eigenvalue weighted by molar-refractivity contribution is 5.94. The first-order valence-corrected chi connectivity index (χ1v) is 5.47. The standard InChI is InChI=1S/C12H15O6/c1-4-16-11(13)8-6-9(12(14)17-5-2)18-10(8)7-15-3/h6H,3-5,7H2,1-2H3. The van der Waals surface area contributed by atoms with Crippen LogP contribution in [0, 0.1) is 7.11 Å². The lowest BCUT2D eigenvalue weighted by Gasteiger charge is -2.00. The van der Waals surface area contributed by atoms with E-state index in [1.807, 2.05) is 0 Å². The molecule has 0 unspecified atom stereocenters. The summed E-state index contributed by atoms with van der Waals surface area (Å²) < 4.78 is 19.5. The average molecular weight is 255 g/mol. The van der Waals surface area contributed by atoms with Crippen molar-refractivity contribution in [3.05, 3.63) is 30.3 Å². The van der Waals surface area contributed by atoms with Gasteiger partial charge in [-0.1, -0.05) is 0 Å². The summed E-state index contributed by atoms with van der Waals surface area (Å²) in [6, 6.07) is 1.28. The minimum absolute atomic E-state index is 0.0342. The minimum atomic E-state index is -0.640. The van der Waals surface area contributed by atoms with Crippen molar-refractivity contribution in [1.29, 1.82) is 0 Å². The smallest absolute Gasteiger partial charge is 0.374 e. The summed E-state index contributed by atoms with van der Waals surface area (Å²) >= 11 is 0. The largest absolute Gasteiger partial charge is 0.462 e. The molecule has 0 saturated carbocycles. The topological polar surface area (TPSA) is 75.0 Å². The molecule has 0 amide bonds. The summed E-state index contributed by atoms with van der Waals surface area (Å²) in [7, 11) is 3.19. The lowest BCUT2D eigenvalue weighted by atomic mass is 10.2. The van der Waals surface area contributed by atoms with Gasteiger partial charge < -0.3 is 18.6 Å². The van der Waals surface area contributed by atoms with Crippen LogP contribution in [0.5, 0.6) is 0 Å². The fraction of sp³-hybridized carbons (Fsp3) is 0.417. The average Bonchev–Trinajstić information content (AvgIpc) is 2.74. The Morgan fingerprint density at radius 3 is 2.39 bits per heavy atom. The molecule has 1 rings (SSSR count). The summed E-state index contributed by atoms with van der Waals surface area (Å²) in [6.07, 6.45) is 0. The number of hydrogen-bond acceptors (Lipinski definition) is 6. The van der Waals surface area contributed by atoms with Gasteiger partial charge in [-0.15, -0.1) is 0 Å². The van der Waals surface area contributed by atoms with Gasteiger partial charge in [0.25, 0.3) is 0 Å². The van der Waals surface area contributed by atoms with Crippen molar-refractivity contribution in [2.75, 3.05) is 13.2 Å². The Labute approximate surface area is 105 Å². The molecule has 99 valence electrons. The van der Waals surface area contributed by atoms with Gasteiger partial charge in [-0.05, 0) is 13.8 Å². The van der Waals surface area contributed by atoms with E-state index in [0.29, 0.717) is 0 Å². The molecule has 18 heavy (non-hydrogen) atoms. The summed E-state index contributed by atoms with van der Waals surface area (Å²) in [5, 5.41) is 0. The van der Waals surface area contributed by atoms with E-state index in [1.165, 1.54) is 6.07 Å². The summed E-state index contributed by atoms with van der Waals surface area (Å²) in [4.78, 5) is 23.1. The molecule has 1 radical (unpaired) electrons.